The van der Waals surface area contributed by atoms with Crippen LogP contribution in [0.1, 0.15) is 31.7 Å². The van der Waals surface area contributed by atoms with Gasteiger partial charge in [-0.25, -0.2) is 13.8 Å². The molecule has 0 amide bonds. The van der Waals surface area contributed by atoms with Crippen LogP contribution in [0.2, 0.25) is 0 Å². The van der Waals surface area contributed by atoms with Crippen LogP contribution in [0.4, 0.5) is 8.78 Å². The Hall–Kier alpha value is -1.33. The van der Waals surface area contributed by atoms with Crippen LogP contribution in [-0.4, -0.2) is 4.98 Å². The number of hydrogen-bond donors (Lipinski definition) is 1. The molecule has 2 nitrogen and oxygen atoms in total. The largest absolute Gasteiger partial charge is 0.319 e. The number of halogens is 2. The maximum absolute atomic E-state index is 13.2. The summed E-state index contributed by atoms with van der Waals surface area (Å²) in [6.07, 6.45) is 1.57. The van der Waals surface area contributed by atoms with Crippen molar-refractivity contribution >= 4 is 11.3 Å². The van der Waals surface area contributed by atoms with E-state index in [1.807, 2.05) is 19.2 Å². The van der Waals surface area contributed by atoms with E-state index in [1.54, 1.807) is 0 Å². The third-order valence-corrected chi connectivity index (χ3v) is 4.47. The molecule has 0 bridgehead atoms. The molecule has 0 unspecified atom stereocenters. The molecule has 0 radical (unpaired) electrons. The number of aromatic nitrogens is 1. The first-order valence-corrected chi connectivity index (χ1v) is 7.08. The van der Waals surface area contributed by atoms with Crippen molar-refractivity contribution in [2.75, 3.05) is 0 Å². The van der Waals surface area contributed by atoms with E-state index in [2.05, 4.69) is 4.98 Å². The Balaban J connectivity index is 2.38. The molecule has 0 saturated carbocycles. The van der Waals surface area contributed by atoms with E-state index in [0.717, 1.165) is 30.0 Å². The second kappa shape index (κ2) is 5.35. The second-order valence-corrected chi connectivity index (χ2v) is 5.39. The van der Waals surface area contributed by atoms with Crippen molar-refractivity contribution in [2.45, 2.75) is 32.2 Å². The van der Waals surface area contributed by atoms with Crippen molar-refractivity contribution in [3.63, 3.8) is 0 Å². The normalized spacial score (nSPS) is 11.8. The first-order valence-electron chi connectivity index (χ1n) is 6.20. The summed E-state index contributed by atoms with van der Waals surface area (Å²) in [7, 11) is 0. The Morgan fingerprint density at radius 1 is 1.21 bits per heavy atom. The summed E-state index contributed by atoms with van der Waals surface area (Å²) in [6.45, 7) is 4.03. The zero-order valence-electron chi connectivity index (χ0n) is 10.9. The van der Waals surface area contributed by atoms with Gasteiger partial charge in [-0.2, -0.15) is 0 Å². The van der Waals surface area contributed by atoms with Gasteiger partial charge in [0.2, 0.25) is 0 Å². The lowest BCUT2D eigenvalue weighted by molar-refractivity contribution is 0.411. The third-order valence-electron chi connectivity index (χ3n) is 3.41. The molecule has 1 heterocycles. The van der Waals surface area contributed by atoms with Crippen LogP contribution >= 0.6 is 11.3 Å². The lowest BCUT2D eigenvalue weighted by Crippen LogP contribution is -2.34. The minimum Gasteiger partial charge on any atom is -0.319 e. The van der Waals surface area contributed by atoms with E-state index in [9.17, 15) is 8.78 Å². The van der Waals surface area contributed by atoms with E-state index >= 15 is 0 Å². The van der Waals surface area contributed by atoms with E-state index in [1.165, 1.54) is 17.4 Å². The molecule has 2 N–H and O–H groups in total. The van der Waals surface area contributed by atoms with Crippen molar-refractivity contribution in [3.8, 4) is 11.3 Å². The lowest BCUT2D eigenvalue weighted by atomic mass is 9.95. The molecule has 0 aliphatic carbocycles. The molecule has 0 spiro atoms. The Kier molecular flexibility index (Phi) is 3.96. The summed E-state index contributed by atoms with van der Waals surface area (Å²) in [4.78, 5) is 4.47. The van der Waals surface area contributed by atoms with Crippen LogP contribution in [-0.2, 0) is 5.54 Å². The van der Waals surface area contributed by atoms with Gasteiger partial charge in [0.15, 0.2) is 11.6 Å². The standard InChI is InChI=1S/C14H16F2N2S/c1-3-14(17,4-2)13-18-12(8-19-13)9-5-6-10(15)11(16)7-9/h5-8H,3-4,17H2,1-2H3. The smallest absolute Gasteiger partial charge is 0.159 e. The molecule has 1 aromatic heterocycles. The Labute approximate surface area is 115 Å². The van der Waals surface area contributed by atoms with Gasteiger partial charge < -0.3 is 5.73 Å². The summed E-state index contributed by atoms with van der Waals surface area (Å²) in [5, 5.41) is 2.66. The highest BCUT2D eigenvalue weighted by atomic mass is 32.1. The maximum atomic E-state index is 13.2. The van der Waals surface area contributed by atoms with Crippen molar-refractivity contribution in [3.05, 3.63) is 40.2 Å². The molecular formula is C14H16F2N2S. The number of rotatable bonds is 4. The highest BCUT2D eigenvalue weighted by Crippen LogP contribution is 2.32. The minimum absolute atomic E-state index is 0.443. The predicted octanol–water partition coefficient (Wildman–Crippen LogP) is 4.06. The molecular weight excluding hydrogens is 266 g/mol. The fraction of sp³-hybridized carbons (Fsp3) is 0.357. The molecule has 19 heavy (non-hydrogen) atoms. The van der Waals surface area contributed by atoms with Crippen LogP contribution in [0.3, 0.4) is 0 Å². The molecule has 0 fully saturated rings. The summed E-state index contributed by atoms with van der Waals surface area (Å²) < 4.78 is 26.1. The van der Waals surface area contributed by atoms with Gasteiger partial charge in [-0.3, -0.25) is 0 Å². The van der Waals surface area contributed by atoms with E-state index in [0.29, 0.717) is 11.3 Å². The van der Waals surface area contributed by atoms with Gasteiger partial charge in [-0.1, -0.05) is 13.8 Å². The summed E-state index contributed by atoms with van der Waals surface area (Å²) in [5.74, 6) is -1.72. The number of thiazole rings is 1. The van der Waals surface area contributed by atoms with Crippen LogP contribution in [0, 0.1) is 11.6 Å². The summed E-state index contributed by atoms with van der Waals surface area (Å²) in [5.41, 5.74) is 7.03. The Bertz CT molecular complexity index is 577. The fourth-order valence-electron chi connectivity index (χ4n) is 1.84. The Morgan fingerprint density at radius 3 is 2.47 bits per heavy atom. The molecule has 2 rings (SSSR count). The van der Waals surface area contributed by atoms with Crippen molar-refractivity contribution in [2.24, 2.45) is 5.73 Å². The SMILES string of the molecule is CCC(N)(CC)c1nc(-c2ccc(F)c(F)c2)cs1. The van der Waals surface area contributed by atoms with Crippen LogP contribution in [0.15, 0.2) is 23.6 Å². The van der Waals surface area contributed by atoms with Crippen LogP contribution in [0.25, 0.3) is 11.3 Å². The average Bonchev–Trinajstić information content (AvgIpc) is 2.91. The second-order valence-electron chi connectivity index (χ2n) is 4.53. The van der Waals surface area contributed by atoms with E-state index in [4.69, 9.17) is 5.73 Å². The number of hydrogen-bond acceptors (Lipinski definition) is 3. The third kappa shape index (κ3) is 2.67. The summed E-state index contributed by atoms with van der Waals surface area (Å²) in [6, 6.07) is 3.79. The minimum atomic E-state index is -0.864. The van der Waals surface area contributed by atoms with Crippen molar-refractivity contribution in [1.82, 2.24) is 4.98 Å². The quantitative estimate of drug-likeness (QED) is 0.918. The van der Waals surface area contributed by atoms with Gasteiger partial charge >= 0.3 is 0 Å². The number of benzene rings is 1. The monoisotopic (exact) mass is 282 g/mol. The fourth-order valence-corrected chi connectivity index (χ4v) is 2.93. The van der Waals surface area contributed by atoms with Crippen molar-refractivity contribution < 1.29 is 8.78 Å². The van der Waals surface area contributed by atoms with Crippen LogP contribution < -0.4 is 5.73 Å². The van der Waals surface area contributed by atoms with Gasteiger partial charge in [0.25, 0.3) is 0 Å². The first-order chi connectivity index (χ1) is 9.00. The first kappa shape index (κ1) is 14.1. The maximum Gasteiger partial charge on any atom is 0.159 e. The predicted molar refractivity (Wildman–Crippen MR) is 73.9 cm³/mol. The molecule has 2 aromatic rings. The topological polar surface area (TPSA) is 38.9 Å². The van der Waals surface area contributed by atoms with Gasteiger partial charge in [0, 0.05) is 10.9 Å². The van der Waals surface area contributed by atoms with E-state index in [-0.39, 0.29) is 0 Å². The lowest BCUT2D eigenvalue weighted by Gasteiger charge is -2.23. The van der Waals surface area contributed by atoms with E-state index < -0.39 is 17.2 Å². The number of nitrogens with zero attached hydrogens (tertiary/aromatic N) is 1. The highest BCUT2D eigenvalue weighted by molar-refractivity contribution is 7.10. The van der Waals surface area contributed by atoms with Gasteiger partial charge in [-0.15, -0.1) is 11.3 Å². The van der Waals surface area contributed by atoms with Gasteiger partial charge in [0.1, 0.15) is 5.01 Å². The molecule has 0 saturated heterocycles. The van der Waals surface area contributed by atoms with Gasteiger partial charge in [-0.05, 0) is 31.0 Å². The Morgan fingerprint density at radius 2 is 1.89 bits per heavy atom. The molecule has 1 aromatic carbocycles. The summed E-state index contributed by atoms with van der Waals surface area (Å²) >= 11 is 1.46. The van der Waals surface area contributed by atoms with Gasteiger partial charge in [0.05, 0.1) is 11.2 Å². The van der Waals surface area contributed by atoms with Crippen molar-refractivity contribution in [1.29, 1.82) is 0 Å². The highest BCUT2D eigenvalue weighted by Gasteiger charge is 2.26. The zero-order chi connectivity index (χ0) is 14.0. The molecule has 0 atom stereocenters. The molecule has 0 aliphatic rings. The molecule has 102 valence electrons. The average molecular weight is 282 g/mol. The van der Waals surface area contributed by atoms with Crippen LogP contribution in [0.5, 0.6) is 0 Å². The molecule has 5 heteroatoms. The zero-order valence-corrected chi connectivity index (χ0v) is 11.7. The number of nitrogens with two attached hydrogens (primary N) is 1. The molecule has 0 aliphatic heterocycles.